The van der Waals surface area contributed by atoms with E-state index in [2.05, 4.69) is 42.6 Å². The molecule has 1 saturated heterocycles. The minimum absolute atomic E-state index is 0.0237. The molecule has 2 aromatic rings. The number of aliphatic hydroxyl groups is 1. The van der Waals surface area contributed by atoms with Gasteiger partial charge in [-0.25, -0.2) is 9.97 Å². The van der Waals surface area contributed by atoms with Crippen molar-refractivity contribution >= 4 is 0 Å². The van der Waals surface area contributed by atoms with Crippen molar-refractivity contribution in [3.05, 3.63) is 36.1 Å². The number of aromatic nitrogens is 3. The summed E-state index contributed by atoms with van der Waals surface area (Å²) in [6, 6.07) is 0.155. The number of imidazole rings is 1. The van der Waals surface area contributed by atoms with Crippen LogP contribution >= 0.6 is 0 Å². The van der Waals surface area contributed by atoms with Gasteiger partial charge in [-0.05, 0) is 38.8 Å². The molecule has 1 N–H and O–H groups in total. The van der Waals surface area contributed by atoms with Crippen molar-refractivity contribution < 1.29 is 9.52 Å². The lowest BCUT2D eigenvalue weighted by Gasteiger charge is -2.36. The smallest absolute Gasteiger partial charge is 0.211 e. The van der Waals surface area contributed by atoms with Crippen molar-refractivity contribution in [2.75, 3.05) is 13.1 Å². The number of oxazole rings is 1. The number of hydrogen-bond donors (Lipinski definition) is 1. The fourth-order valence-corrected chi connectivity index (χ4v) is 3.48. The Bertz CT molecular complexity index is 692. The van der Waals surface area contributed by atoms with E-state index in [4.69, 9.17) is 4.42 Å². The van der Waals surface area contributed by atoms with Gasteiger partial charge < -0.3 is 14.1 Å². The van der Waals surface area contributed by atoms with E-state index in [-0.39, 0.29) is 17.4 Å². The van der Waals surface area contributed by atoms with E-state index in [1.807, 2.05) is 24.0 Å². The van der Waals surface area contributed by atoms with Gasteiger partial charge in [-0.1, -0.05) is 20.8 Å². The molecular weight excluding hydrogens is 316 g/mol. The first-order valence-corrected chi connectivity index (χ1v) is 9.13. The van der Waals surface area contributed by atoms with Crippen LogP contribution in [0.25, 0.3) is 0 Å². The lowest BCUT2D eigenvalue weighted by molar-refractivity contribution is 0.0365. The van der Waals surface area contributed by atoms with E-state index in [1.165, 1.54) is 0 Å². The number of aliphatic hydroxyl groups excluding tert-OH is 1. The molecule has 1 aliphatic rings. The summed E-state index contributed by atoms with van der Waals surface area (Å²) in [6.07, 6.45) is 6.88. The highest BCUT2D eigenvalue weighted by Crippen LogP contribution is 2.33. The summed E-state index contributed by atoms with van der Waals surface area (Å²) in [4.78, 5) is 11.2. The second kappa shape index (κ2) is 6.92. The van der Waals surface area contributed by atoms with Crippen molar-refractivity contribution in [3.63, 3.8) is 0 Å². The molecule has 138 valence electrons. The Balaban J connectivity index is 1.60. The number of nitrogens with zero attached hydrogens (tertiary/aromatic N) is 4. The molecule has 25 heavy (non-hydrogen) atoms. The molecule has 6 heteroatoms. The van der Waals surface area contributed by atoms with E-state index in [0.717, 1.165) is 43.4 Å². The number of hydrogen-bond acceptors (Lipinski definition) is 5. The molecule has 1 fully saturated rings. The first-order chi connectivity index (χ1) is 11.8. The summed E-state index contributed by atoms with van der Waals surface area (Å²) in [5, 5.41) is 10.6. The maximum Gasteiger partial charge on any atom is 0.211 e. The molecule has 0 radical (unpaired) electrons. The Hall–Kier alpha value is -1.66. The normalized spacial score (nSPS) is 19.9. The molecule has 6 nitrogen and oxygen atoms in total. The highest BCUT2D eigenvalue weighted by atomic mass is 16.4. The maximum absolute atomic E-state index is 10.6. The van der Waals surface area contributed by atoms with E-state index in [9.17, 15) is 5.11 Å². The highest BCUT2D eigenvalue weighted by Gasteiger charge is 2.32. The van der Waals surface area contributed by atoms with Crippen LogP contribution in [0.5, 0.6) is 0 Å². The number of aryl methyl sites for hydroxylation is 1. The van der Waals surface area contributed by atoms with E-state index in [0.29, 0.717) is 0 Å². The molecular formula is C19H30N4O2. The van der Waals surface area contributed by atoms with Crippen molar-refractivity contribution in [3.8, 4) is 0 Å². The van der Waals surface area contributed by atoms with Crippen LogP contribution in [0, 0.1) is 5.92 Å². The summed E-state index contributed by atoms with van der Waals surface area (Å²) < 4.78 is 7.90. The summed E-state index contributed by atoms with van der Waals surface area (Å²) in [5.41, 5.74) is -0.0237. The third-order valence-electron chi connectivity index (χ3n) is 5.31. The van der Waals surface area contributed by atoms with Crippen molar-refractivity contribution in [1.29, 1.82) is 0 Å². The van der Waals surface area contributed by atoms with Gasteiger partial charge in [-0.15, -0.1) is 0 Å². The quantitative estimate of drug-likeness (QED) is 0.921. The van der Waals surface area contributed by atoms with Crippen LogP contribution in [0.2, 0.25) is 0 Å². The zero-order chi connectivity index (χ0) is 18.2. The predicted molar refractivity (Wildman–Crippen MR) is 96.1 cm³/mol. The lowest BCUT2D eigenvalue weighted by Crippen LogP contribution is -2.37. The third-order valence-corrected chi connectivity index (χ3v) is 5.31. The average Bonchev–Trinajstić information content (AvgIpc) is 3.22. The van der Waals surface area contributed by atoms with Gasteiger partial charge in [0.05, 0.1) is 12.2 Å². The molecule has 0 unspecified atom stereocenters. The number of rotatable bonds is 4. The maximum atomic E-state index is 10.6. The number of likely N-dealkylation sites (tertiary alicyclic amines) is 1. The zero-order valence-electron chi connectivity index (χ0n) is 15.9. The average molecular weight is 346 g/mol. The molecule has 3 rings (SSSR count). The van der Waals surface area contributed by atoms with Gasteiger partial charge in [0.15, 0.2) is 0 Å². The molecule has 0 spiro atoms. The van der Waals surface area contributed by atoms with Crippen LogP contribution in [-0.4, -0.2) is 37.6 Å². The molecule has 0 amide bonds. The first kappa shape index (κ1) is 18.1. The largest absolute Gasteiger partial charge is 0.443 e. The standard InChI is InChI=1S/C19H30N4O2/c1-13(18-21-12-15(25-18)19(2,3)4)23-9-6-14(7-10-23)16(24)17-20-8-11-22(17)5/h8,11-14,16,24H,6-7,9-10H2,1-5H3/t13-,16-/m0/s1. The van der Waals surface area contributed by atoms with E-state index < -0.39 is 6.10 Å². The fourth-order valence-electron chi connectivity index (χ4n) is 3.48. The van der Waals surface area contributed by atoms with Gasteiger partial charge in [0, 0.05) is 24.9 Å². The fraction of sp³-hybridized carbons (Fsp3) is 0.684. The molecule has 0 bridgehead atoms. The van der Waals surface area contributed by atoms with Gasteiger partial charge in [0.2, 0.25) is 5.89 Å². The van der Waals surface area contributed by atoms with Crippen LogP contribution in [0.3, 0.4) is 0 Å². The third kappa shape index (κ3) is 3.80. The minimum atomic E-state index is -0.494. The van der Waals surface area contributed by atoms with Crippen LogP contribution in [-0.2, 0) is 12.5 Å². The predicted octanol–water partition coefficient (Wildman–Crippen LogP) is 3.21. The van der Waals surface area contributed by atoms with Crippen LogP contribution in [0.1, 0.15) is 70.2 Å². The van der Waals surface area contributed by atoms with E-state index >= 15 is 0 Å². The second-order valence-electron chi connectivity index (χ2n) is 8.20. The van der Waals surface area contributed by atoms with Gasteiger partial charge in [-0.3, -0.25) is 4.90 Å². The molecule has 2 aromatic heterocycles. The van der Waals surface area contributed by atoms with Crippen LogP contribution < -0.4 is 0 Å². The Labute approximate surface area is 149 Å². The zero-order valence-corrected chi connectivity index (χ0v) is 15.9. The second-order valence-corrected chi connectivity index (χ2v) is 8.20. The molecule has 0 saturated carbocycles. The molecule has 2 atom stereocenters. The molecule has 0 aliphatic carbocycles. The molecule has 3 heterocycles. The van der Waals surface area contributed by atoms with Crippen molar-refractivity contribution in [2.45, 2.75) is 58.1 Å². The highest BCUT2D eigenvalue weighted by molar-refractivity contribution is 5.07. The van der Waals surface area contributed by atoms with Crippen molar-refractivity contribution in [2.24, 2.45) is 13.0 Å². The minimum Gasteiger partial charge on any atom is -0.443 e. The van der Waals surface area contributed by atoms with Crippen molar-refractivity contribution in [1.82, 2.24) is 19.4 Å². The summed E-state index contributed by atoms with van der Waals surface area (Å²) >= 11 is 0. The monoisotopic (exact) mass is 346 g/mol. The summed E-state index contributed by atoms with van der Waals surface area (Å²) in [6.45, 7) is 10.4. The summed E-state index contributed by atoms with van der Waals surface area (Å²) in [5.74, 6) is 2.72. The Morgan fingerprint density at radius 3 is 2.44 bits per heavy atom. The van der Waals surface area contributed by atoms with Gasteiger partial charge in [0.1, 0.15) is 17.7 Å². The lowest BCUT2D eigenvalue weighted by atomic mass is 9.90. The Morgan fingerprint density at radius 1 is 1.24 bits per heavy atom. The topological polar surface area (TPSA) is 67.3 Å². The Kier molecular flexibility index (Phi) is 5.02. The number of piperidine rings is 1. The summed E-state index contributed by atoms with van der Waals surface area (Å²) in [7, 11) is 1.93. The van der Waals surface area contributed by atoms with Gasteiger partial charge in [-0.2, -0.15) is 0 Å². The van der Waals surface area contributed by atoms with Gasteiger partial charge >= 0.3 is 0 Å². The van der Waals surface area contributed by atoms with Gasteiger partial charge in [0.25, 0.3) is 0 Å². The molecule has 1 aliphatic heterocycles. The SMILES string of the molecule is C[C@@H](c1ncc(C(C)(C)C)o1)N1CCC([C@H](O)c2nccn2C)CC1. The van der Waals surface area contributed by atoms with E-state index in [1.54, 1.807) is 6.20 Å². The first-order valence-electron chi connectivity index (χ1n) is 9.13. The molecule has 0 aromatic carbocycles. The van der Waals surface area contributed by atoms with Crippen LogP contribution in [0.4, 0.5) is 0 Å². The van der Waals surface area contributed by atoms with Crippen LogP contribution in [0.15, 0.2) is 23.0 Å². The Morgan fingerprint density at radius 2 is 1.92 bits per heavy atom.